The summed E-state index contributed by atoms with van der Waals surface area (Å²) in [4.78, 5) is 0. The van der Waals surface area contributed by atoms with Gasteiger partial charge in [-0.15, -0.1) is 6.42 Å². The normalized spacial score (nSPS) is 19.2. The highest BCUT2D eigenvalue weighted by Crippen LogP contribution is 2.23. The Kier molecular flexibility index (Phi) is 6.86. The Morgan fingerprint density at radius 2 is 1.79 bits per heavy atom. The number of ether oxygens (including phenoxy) is 1. The van der Waals surface area contributed by atoms with E-state index in [0.29, 0.717) is 6.61 Å². The first-order valence-electron chi connectivity index (χ1n) is 9.14. The van der Waals surface area contributed by atoms with Crippen LogP contribution in [-0.4, -0.2) is 47.5 Å². The van der Waals surface area contributed by atoms with Gasteiger partial charge in [0.15, 0.2) is 0 Å². The van der Waals surface area contributed by atoms with E-state index in [0.717, 1.165) is 30.7 Å². The van der Waals surface area contributed by atoms with Crippen molar-refractivity contribution in [1.82, 2.24) is 0 Å². The molecule has 0 radical (unpaired) electrons. The first-order chi connectivity index (χ1) is 11.4. The Hall–Kier alpha value is -1.34. The molecule has 0 amide bonds. The molecule has 1 aromatic carbocycles. The maximum absolute atomic E-state index is 10.6. The summed E-state index contributed by atoms with van der Waals surface area (Å²) in [5.74, 6) is 2.62. The molecule has 1 atom stereocenters. The molecule has 0 saturated carbocycles. The van der Waals surface area contributed by atoms with Crippen molar-refractivity contribution in [3.8, 4) is 12.3 Å². The van der Waals surface area contributed by atoms with Crippen LogP contribution in [-0.2, 0) is 11.3 Å². The minimum Gasteiger partial charge on any atom is -0.385 e. The van der Waals surface area contributed by atoms with Gasteiger partial charge in [0.05, 0.1) is 19.7 Å². The summed E-state index contributed by atoms with van der Waals surface area (Å²) in [6, 6.07) is 10.6. The highest BCUT2D eigenvalue weighted by Gasteiger charge is 2.32. The number of benzene rings is 1. The maximum atomic E-state index is 10.6. The fourth-order valence-corrected chi connectivity index (χ4v) is 3.58. The van der Waals surface area contributed by atoms with Gasteiger partial charge in [-0.25, -0.2) is 0 Å². The lowest BCUT2D eigenvalue weighted by Gasteiger charge is -2.39. The van der Waals surface area contributed by atoms with Gasteiger partial charge in [0, 0.05) is 5.56 Å². The second-order valence-corrected chi connectivity index (χ2v) is 7.65. The summed E-state index contributed by atoms with van der Waals surface area (Å²) < 4.78 is 6.66. The number of hydrogen-bond acceptors (Lipinski definition) is 2. The zero-order valence-corrected chi connectivity index (χ0v) is 15.2. The molecule has 1 N–H and O–H groups in total. The molecule has 1 aliphatic rings. The molecule has 3 nitrogen and oxygen atoms in total. The molecule has 132 valence electrons. The van der Waals surface area contributed by atoms with Gasteiger partial charge in [-0.1, -0.05) is 36.3 Å². The lowest BCUT2D eigenvalue weighted by atomic mass is 10.1. The van der Waals surface area contributed by atoms with Gasteiger partial charge in [0.1, 0.15) is 24.8 Å². The molecule has 2 rings (SSSR count). The molecule has 0 aromatic heterocycles. The molecule has 0 spiro atoms. The zero-order chi connectivity index (χ0) is 17.5. The van der Waals surface area contributed by atoms with E-state index < -0.39 is 11.7 Å². The van der Waals surface area contributed by atoms with Crippen LogP contribution in [0.5, 0.6) is 0 Å². The van der Waals surface area contributed by atoms with Crippen LogP contribution in [0.3, 0.4) is 0 Å². The summed E-state index contributed by atoms with van der Waals surface area (Å²) >= 11 is 0. The first-order valence-corrected chi connectivity index (χ1v) is 9.14. The lowest BCUT2D eigenvalue weighted by molar-refractivity contribution is -0.943. The summed E-state index contributed by atoms with van der Waals surface area (Å²) in [5, 5.41) is 10.6. The molecular formula is C21H32NO2+. The van der Waals surface area contributed by atoms with Crippen molar-refractivity contribution in [2.75, 3.05) is 26.2 Å². The standard InChI is InChI=1S/C21H32NO2/c1-4-21(2,3)24-18-20(23)17-22(14-10-5-6-11-15-22)16-19-12-8-7-9-13-19/h1,7-9,12-13,20,23H,5-6,10-11,14-18H2,2-3H3/q+1/t20-/m1/s1. The molecule has 0 unspecified atom stereocenters. The van der Waals surface area contributed by atoms with Crippen molar-refractivity contribution >= 4 is 0 Å². The first kappa shape index (κ1) is 19.0. The molecule has 1 fully saturated rings. The molecule has 1 heterocycles. The smallest absolute Gasteiger partial charge is 0.126 e. The average Bonchev–Trinajstić information content (AvgIpc) is 2.80. The predicted molar refractivity (Wildman–Crippen MR) is 98.3 cm³/mol. The van der Waals surface area contributed by atoms with Gasteiger partial charge in [0.2, 0.25) is 0 Å². The molecule has 1 aromatic rings. The van der Waals surface area contributed by atoms with Crippen LogP contribution in [0.1, 0.15) is 45.1 Å². The van der Waals surface area contributed by atoms with Gasteiger partial charge in [-0.3, -0.25) is 0 Å². The SMILES string of the molecule is C#CC(C)(C)OC[C@H](O)C[N+]1(Cc2ccccc2)CCCCCC1. The van der Waals surface area contributed by atoms with Crippen molar-refractivity contribution < 1.29 is 14.3 Å². The van der Waals surface area contributed by atoms with Crippen molar-refractivity contribution in [1.29, 1.82) is 0 Å². The summed E-state index contributed by atoms with van der Waals surface area (Å²) in [5.41, 5.74) is 0.723. The fourth-order valence-electron chi connectivity index (χ4n) is 3.58. The number of terminal acetylenes is 1. The Morgan fingerprint density at radius 1 is 1.17 bits per heavy atom. The van der Waals surface area contributed by atoms with E-state index >= 15 is 0 Å². The van der Waals surface area contributed by atoms with Crippen molar-refractivity contribution in [3.05, 3.63) is 35.9 Å². The molecular weight excluding hydrogens is 298 g/mol. The quantitative estimate of drug-likeness (QED) is 0.613. The summed E-state index contributed by atoms with van der Waals surface area (Å²) in [6.45, 7) is 7.99. The van der Waals surface area contributed by atoms with Crippen molar-refractivity contribution in [2.45, 2.75) is 57.8 Å². The van der Waals surface area contributed by atoms with Crippen molar-refractivity contribution in [3.63, 3.8) is 0 Å². The molecule has 1 saturated heterocycles. The van der Waals surface area contributed by atoms with Gasteiger partial charge in [-0.05, 0) is 39.5 Å². The molecule has 0 bridgehead atoms. The lowest BCUT2D eigenvalue weighted by Crippen LogP contribution is -2.53. The minimum atomic E-state index is -0.621. The molecule has 1 aliphatic heterocycles. The van der Waals surface area contributed by atoms with Gasteiger partial charge >= 0.3 is 0 Å². The predicted octanol–water partition coefficient (Wildman–Crippen LogP) is 3.37. The van der Waals surface area contributed by atoms with Crippen LogP contribution < -0.4 is 0 Å². The zero-order valence-electron chi connectivity index (χ0n) is 15.2. The maximum Gasteiger partial charge on any atom is 0.126 e. The Morgan fingerprint density at radius 3 is 2.38 bits per heavy atom. The Bertz CT molecular complexity index is 525. The third kappa shape index (κ3) is 5.94. The fraction of sp³-hybridized carbons (Fsp3) is 0.619. The highest BCUT2D eigenvalue weighted by atomic mass is 16.5. The number of quaternary nitrogens is 1. The average molecular weight is 330 g/mol. The van der Waals surface area contributed by atoms with Gasteiger partial charge in [0.25, 0.3) is 0 Å². The number of nitrogens with zero attached hydrogens (tertiary/aromatic N) is 1. The van der Waals surface area contributed by atoms with Crippen LogP contribution in [0.2, 0.25) is 0 Å². The van der Waals surface area contributed by atoms with Gasteiger partial charge < -0.3 is 14.3 Å². The second kappa shape index (κ2) is 8.67. The number of rotatable bonds is 7. The summed E-state index contributed by atoms with van der Waals surface area (Å²) in [7, 11) is 0. The largest absolute Gasteiger partial charge is 0.385 e. The monoisotopic (exact) mass is 330 g/mol. The third-order valence-electron chi connectivity index (χ3n) is 4.96. The molecule has 0 aliphatic carbocycles. The number of likely N-dealkylation sites (tertiary alicyclic amines) is 1. The van der Waals surface area contributed by atoms with E-state index in [1.54, 1.807) is 0 Å². The number of aliphatic hydroxyl groups excluding tert-OH is 1. The highest BCUT2D eigenvalue weighted by molar-refractivity contribution is 5.13. The third-order valence-corrected chi connectivity index (χ3v) is 4.96. The van der Waals surface area contributed by atoms with Crippen molar-refractivity contribution in [2.24, 2.45) is 0 Å². The van der Waals surface area contributed by atoms with E-state index in [1.165, 1.54) is 31.2 Å². The topological polar surface area (TPSA) is 29.5 Å². The van der Waals surface area contributed by atoms with Crippen LogP contribution in [0.15, 0.2) is 30.3 Å². The number of aliphatic hydroxyl groups is 1. The molecule has 24 heavy (non-hydrogen) atoms. The molecule has 3 heteroatoms. The Labute approximate surface area is 147 Å². The minimum absolute atomic E-state index is 0.298. The van der Waals surface area contributed by atoms with E-state index in [1.807, 2.05) is 13.8 Å². The van der Waals surface area contributed by atoms with E-state index in [4.69, 9.17) is 11.2 Å². The van der Waals surface area contributed by atoms with Crippen LogP contribution in [0.4, 0.5) is 0 Å². The number of hydrogen-bond donors (Lipinski definition) is 1. The van der Waals surface area contributed by atoms with Gasteiger partial charge in [-0.2, -0.15) is 0 Å². The van der Waals surface area contributed by atoms with E-state index in [9.17, 15) is 5.11 Å². The second-order valence-electron chi connectivity index (χ2n) is 7.65. The van der Waals surface area contributed by atoms with E-state index in [2.05, 4.69) is 36.3 Å². The van der Waals surface area contributed by atoms with Crippen LogP contribution in [0, 0.1) is 12.3 Å². The Balaban J connectivity index is 2.04. The van der Waals surface area contributed by atoms with Crippen LogP contribution in [0.25, 0.3) is 0 Å². The van der Waals surface area contributed by atoms with E-state index in [-0.39, 0.29) is 0 Å². The van der Waals surface area contributed by atoms with Crippen LogP contribution >= 0.6 is 0 Å². The summed E-state index contributed by atoms with van der Waals surface area (Å²) in [6.07, 6.45) is 10.0.